The molecule has 2 fully saturated rings. The Morgan fingerprint density at radius 3 is 2.73 bits per heavy atom. The second-order valence-electron chi connectivity index (χ2n) is 8.77. The summed E-state index contributed by atoms with van der Waals surface area (Å²) in [5.41, 5.74) is 0.829. The largest absolute Gasteiger partial charge is 0.493 e. The summed E-state index contributed by atoms with van der Waals surface area (Å²) in [7, 11) is 0. The van der Waals surface area contributed by atoms with Gasteiger partial charge < -0.3 is 15.0 Å². The maximum atomic E-state index is 13.3. The highest BCUT2D eigenvalue weighted by molar-refractivity contribution is 5.71. The van der Waals surface area contributed by atoms with Gasteiger partial charge in [0, 0.05) is 19.0 Å². The Hall–Kier alpha value is -2.88. The highest BCUT2D eigenvalue weighted by Crippen LogP contribution is 2.36. The number of rotatable bonds is 5. The van der Waals surface area contributed by atoms with Gasteiger partial charge in [-0.3, -0.25) is 0 Å². The van der Waals surface area contributed by atoms with Gasteiger partial charge in [-0.05, 0) is 50.9 Å². The lowest BCUT2D eigenvalue weighted by Gasteiger charge is -2.33. The molecule has 0 amide bonds. The van der Waals surface area contributed by atoms with Gasteiger partial charge in [-0.25, -0.2) is 14.6 Å². The molecule has 7 nitrogen and oxygen atoms in total. The van der Waals surface area contributed by atoms with Crippen LogP contribution in [0.4, 0.5) is 19.0 Å². The first kappa shape index (κ1) is 21.9. The summed E-state index contributed by atoms with van der Waals surface area (Å²) in [5, 5.41) is 7.91. The molecule has 1 N–H and O–H groups in total. The van der Waals surface area contributed by atoms with Crippen LogP contribution in [0.1, 0.15) is 37.3 Å². The molecule has 3 aromatic rings. The molecule has 176 valence electrons. The van der Waals surface area contributed by atoms with Crippen LogP contribution in [0.3, 0.4) is 0 Å². The number of anilines is 1. The van der Waals surface area contributed by atoms with Crippen LogP contribution in [0.25, 0.3) is 11.2 Å². The zero-order valence-electron chi connectivity index (χ0n) is 18.3. The minimum Gasteiger partial charge on any atom is -0.493 e. The Labute approximate surface area is 190 Å². The number of aromatic nitrogens is 4. The first-order valence-electron chi connectivity index (χ1n) is 11.4. The Balaban J connectivity index is 1.29. The van der Waals surface area contributed by atoms with Crippen molar-refractivity contribution in [2.24, 2.45) is 5.92 Å². The molecule has 1 aromatic carbocycles. The van der Waals surface area contributed by atoms with Gasteiger partial charge in [0.1, 0.15) is 17.1 Å². The third-order valence-electron chi connectivity index (χ3n) is 6.45. The van der Waals surface area contributed by atoms with Gasteiger partial charge in [0.05, 0.1) is 30.6 Å². The van der Waals surface area contributed by atoms with Crippen molar-refractivity contribution in [3.63, 3.8) is 0 Å². The summed E-state index contributed by atoms with van der Waals surface area (Å²) < 4.78 is 47.4. The van der Waals surface area contributed by atoms with E-state index in [1.807, 2.05) is 4.68 Å². The topological polar surface area (TPSA) is 68.1 Å². The summed E-state index contributed by atoms with van der Waals surface area (Å²) in [5.74, 6) is 0.764. The van der Waals surface area contributed by atoms with Crippen molar-refractivity contribution in [3.05, 3.63) is 42.2 Å². The van der Waals surface area contributed by atoms with Crippen LogP contribution in [0, 0.1) is 5.92 Å². The number of fused-ring (bicyclic) bond motifs is 1. The lowest BCUT2D eigenvalue weighted by Crippen LogP contribution is -2.38. The monoisotopic (exact) mass is 460 g/mol. The van der Waals surface area contributed by atoms with E-state index in [0.717, 1.165) is 68.4 Å². The van der Waals surface area contributed by atoms with Crippen molar-refractivity contribution in [1.29, 1.82) is 0 Å². The van der Waals surface area contributed by atoms with Gasteiger partial charge in [0.2, 0.25) is 0 Å². The average molecular weight is 461 g/mol. The number of nitrogens with zero attached hydrogens (tertiary/aromatic N) is 5. The van der Waals surface area contributed by atoms with Gasteiger partial charge in [-0.1, -0.05) is 12.1 Å². The molecule has 0 saturated carbocycles. The number of hydrogen-bond donors (Lipinski definition) is 1. The number of hydrogen-bond acceptors (Lipinski definition) is 6. The van der Waals surface area contributed by atoms with Crippen LogP contribution in [0.15, 0.2) is 36.7 Å². The fraction of sp³-hybridized carbons (Fsp3) is 0.522. The third kappa shape index (κ3) is 4.75. The summed E-state index contributed by atoms with van der Waals surface area (Å²) in [6.45, 7) is 3.65. The van der Waals surface area contributed by atoms with E-state index in [2.05, 4.69) is 20.3 Å². The van der Waals surface area contributed by atoms with Gasteiger partial charge >= 0.3 is 6.18 Å². The van der Waals surface area contributed by atoms with Crippen molar-refractivity contribution >= 4 is 17.0 Å². The van der Waals surface area contributed by atoms with Gasteiger partial charge in [-0.2, -0.15) is 18.3 Å². The van der Waals surface area contributed by atoms with Crippen LogP contribution >= 0.6 is 0 Å². The fourth-order valence-corrected chi connectivity index (χ4v) is 4.73. The van der Waals surface area contributed by atoms with E-state index in [9.17, 15) is 13.2 Å². The van der Waals surface area contributed by atoms with Crippen molar-refractivity contribution in [1.82, 2.24) is 25.1 Å². The van der Waals surface area contributed by atoms with Crippen LogP contribution in [-0.2, 0) is 6.18 Å². The van der Waals surface area contributed by atoms with E-state index >= 15 is 0 Å². The van der Waals surface area contributed by atoms with Gasteiger partial charge in [0.25, 0.3) is 0 Å². The minimum absolute atomic E-state index is 0.104. The number of para-hydroxylation sites is 1. The Kier molecular flexibility index (Phi) is 6.09. The Morgan fingerprint density at radius 2 is 1.91 bits per heavy atom. The number of ether oxygens (including phenoxy) is 1. The predicted octanol–water partition coefficient (Wildman–Crippen LogP) is 4.07. The molecule has 0 aliphatic carbocycles. The van der Waals surface area contributed by atoms with E-state index in [4.69, 9.17) is 9.72 Å². The number of nitrogens with one attached hydrogen (secondary N) is 1. The highest BCUT2D eigenvalue weighted by atomic mass is 19.4. The number of piperidine rings is 2. The Bertz CT molecular complexity index is 1100. The maximum absolute atomic E-state index is 13.3. The molecule has 5 rings (SSSR count). The highest BCUT2D eigenvalue weighted by Gasteiger charge is 2.34. The second kappa shape index (κ2) is 9.17. The molecule has 2 saturated heterocycles. The van der Waals surface area contributed by atoms with Crippen LogP contribution < -0.4 is 15.0 Å². The van der Waals surface area contributed by atoms with Crippen molar-refractivity contribution in [2.45, 2.75) is 37.9 Å². The lowest BCUT2D eigenvalue weighted by atomic mass is 9.99. The lowest BCUT2D eigenvalue weighted by molar-refractivity contribution is -0.139. The second-order valence-corrected chi connectivity index (χ2v) is 8.77. The predicted molar refractivity (Wildman–Crippen MR) is 118 cm³/mol. The van der Waals surface area contributed by atoms with Crippen molar-refractivity contribution < 1.29 is 17.9 Å². The van der Waals surface area contributed by atoms with E-state index in [-0.39, 0.29) is 18.3 Å². The SMILES string of the molecule is FC(F)(F)c1ccccc1OCC1CCCN(c2cnc3cnn(C4CCNCC4)c3n2)C1. The smallest absolute Gasteiger partial charge is 0.419 e. The van der Waals surface area contributed by atoms with E-state index in [0.29, 0.717) is 12.6 Å². The number of alkyl halides is 3. The summed E-state index contributed by atoms with van der Waals surface area (Å²) in [6.07, 6.45) is 2.92. The van der Waals surface area contributed by atoms with E-state index < -0.39 is 11.7 Å². The van der Waals surface area contributed by atoms with Crippen molar-refractivity contribution in [2.75, 3.05) is 37.7 Å². The van der Waals surface area contributed by atoms with Crippen LogP contribution in [0.2, 0.25) is 0 Å². The molecule has 0 spiro atoms. The first-order chi connectivity index (χ1) is 16.0. The van der Waals surface area contributed by atoms with Gasteiger partial charge in [-0.15, -0.1) is 0 Å². The first-order valence-corrected chi connectivity index (χ1v) is 11.4. The normalized spacial score (nSPS) is 20.3. The molecule has 0 bridgehead atoms. The van der Waals surface area contributed by atoms with E-state index in [1.165, 1.54) is 12.1 Å². The van der Waals surface area contributed by atoms with E-state index in [1.54, 1.807) is 18.5 Å². The maximum Gasteiger partial charge on any atom is 0.419 e. The summed E-state index contributed by atoms with van der Waals surface area (Å²) >= 11 is 0. The van der Waals surface area contributed by atoms with Crippen molar-refractivity contribution in [3.8, 4) is 5.75 Å². The molecule has 0 radical (unpaired) electrons. The molecule has 2 aromatic heterocycles. The molecule has 1 atom stereocenters. The number of halogens is 3. The molecule has 1 unspecified atom stereocenters. The molecule has 33 heavy (non-hydrogen) atoms. The molecule has 2 aliphatic heterocycles. The molecular weight excluding hydrogens is 433 g/mol. The van der Waals surface area contributed by atoms with Gasteiger partial charge in [0.15, 0.2) is 5.65 Å². The zero-order chi connectivity index (χ0) is 22.8. The van der Waals surface area contributed by atoms with Crippen LogP contribution in [-0.4, -0.2) is 52.5 Å². The molecule has 4 heterocycles. The third-order valence-corrected chi connectivity index (χ3v) is 6.45. The average Bonchev–Trinajstić information content (AvgIpc) is 3.26. The molecule has 2 aliphatic rings. The molecule has 10 heteroatoms. The minimum atomic E-state index is -4.43. The zero-order valence-corrected chi connectivity index (χ0v) is 18.3. The molecular formula is C23H27F3N6O. The quantitative estimate of drug-likeness (QED) is 0.619. The summed E-state index contributed by atoms with van der Waals surface area (Å²) in [6, 6.07) is 5.68. The fourth-order valence-electron chi connectivity index (χ4n) is 4.73. The Morgan fingerprint density at radius 1 is 1.09 bits per heavy atom. The summed E-state index contributed by atoms with van der Waals surface area (Å²) in [4.78, 5) is 11.6. The standard InChI is InChI=1S/C23H27F3N6O/c24-23(25,26)18-5-1-2-6-20(18)33-15-16-4-3-11-31(14-16)21-13-28-19-12-29-32(22(19)30-21)17-7-9-27-10-8-17/h1-2,5-6,12-13,16-17,27H,3-4,7-11,14-15H2. The number of benzene rings is 1. The van der Waals surface area contributed by atoms with Crippen LogP contribution in [0.5, 0.6) is 5.75 Å².